The normalized spacial score (nSPS) is 15.8. The molecule has 1 aliphatic heterocycles. The van der Waals surface area contributed by atoms with Gasteiger partial charge in [0.25, 0.3) is 5.91 Å². The van der Waals surface area contributed by atoms with Gasteiger partial charge in [-0.2, -0.15) is 0 Å². The monoisotopic (exact) mass is 431 g/mol. The van der Waals surface area contributed by atoms with Gasteiger partial charge in [0.2, 0.25) is 5.91 Å². The van der Waals surface area contributed by atoms with E-state index in [9.17, 15) is 9.59 Å². The van der Waals surface area contributed by atoms with Crippen molar-refractivity contribution in [2.24, 2.45) is 0 Å². The van der Waals surface area contributed by atoms with Gasteiger partial charge in [-0.05, 0) is 55.8 Å². The van der Waals surface area contributed by atoms with E-state index in [-0.39, 0.29) is 17.9 Å². The van der Waals surface area contributed by atoms with E-state index >= 15 is 0 Å². The number of hydrogen-bond donors (Lipinski definition) is 2. The van der Waals surface area contributed by atoms with E-state index in [2.05, 4.69) is 15.5 Å². The first-order valence-electron chi connectivity index (χ1n) is 11.2. The third kappa shape index (κ3) is 5.65. The molecule has 6 nitrogen and oxygen atoms in total. The third-order valence-corrected chi connectivity index (χ3v) is 5.86. The van der Waals surface area contributed by atoms with Crippen LogP contribution in [0.3, 0.4) is 0 Å². The van der Waals surface area contributed by atoms with Crippen LogP contribution >= 0.6 is 0 Å². The van der Waals surface area contributed by atoms with Gasteiger partial charge in [-0.15, -0.1) is 0 Å². The molecule has 2 N–H and O–H groups in total. The van der Waals surface area contributed by atoms with Crippen LogP contribution in [0.25, 0.3) is 0 Å². The first-order chi connectivity index (χ1) is 15.7. The molecule has 0 bridgehead atoms. The molecule has 0 aliphatic carbocycles. The number of nitrogens with zero attached hydrogens (tertiary/aromatic N) is 1. The van der Waals surface area contributed by atoms with Gasteiger partial charge in [-0.25, -0.2) is 0 Å². The van der Waals surface area contributed by atoms with Gasteiger partial charge in [0.05, 0.1) is 12.3 Å². The number of nitrogens with one attached hydrogen (secondary N) is 2. The van der Waals surface area contributed by atoms with Crippen molar-refractivity contribution in [1.29, 1.82) is 0 Å². The maximum absolute atomic E-state index is 13.2. The van der Waals surface area contributed by atoms with Gasteiger partial charge in [0.1, 0.15) is 11.8 Å². The zero-order valence-corrected chi connectivity index (χ0v) is 18.1. The molecular weight excluding hydrogens is 402 g/mol. The van der Waals surface area contributed by atoms with Crippen molar-refractivity contribution < 1.29 is 14.0 Å². The van der Waals surface area contributed by atoms with E-state index in [0.717, 1.165) is 37.3 Å². The number of rotatable bonds is 9. The minimum atomic E-state index is -0.680. The van der Waals surface area contributed by atoms with Gasteiger partial charge < -0.3 is 15.1 Å². The molecule has 0 saturated carbocycles. The van der Waals surface area contributed by atoms with Crippen molar-refractivity contribution in [2.75, 3.05) is 19.6 Å². The van der Waals surface area contributed by atoms with Crippen LogP contribution in [0, 0.1) is 0 Å². The van der Waals surface area contributed by atoms with Gasteiger partial charge in [0.15, 0.2) is 0 Å². The Kier molecular flexibility index (Phi) is 7.35. The lowest BCUT2D eigenvalue weighted by Crippen LogP contribution is -2.49. The average molecular weight is 432 g/mol. The fraction of sp³-hybridized carbons (Fsp3) is 0.308. The zero-order valence-electron chi connectivity index (χ0n) is 18.1. The quantitative estimate of drug-likeness (QED) is 0.543. The molecule has 32 heavy (non-hydrogen) atoms. The molecular formula is C26H29N3O3. The van der Waals surface area contributed by atoms with Crippen molar-refractivity contribution >= 4 is 11.8 Å². The number of furan rings is 1. The lowest BCUT2D eigenvalue weighted by atomic mass is 10.0. The highest BCUT2D eigenvalue weighted by molar-refractivity contribution is 5.97. The molecule has 0 radical (unpaired) electrons. The van der Waals surface area contributed by atoms with Crippen LogP contribution in [0.15, 0.2) is 83.5 Å². The van der Waals surface area contributed by atoms with E-state index in [0.29, 0.717) is 18.5 Å². The van der Waals surface area contributed by atoms with Crippen LogP contribution in [0.1, 0.15) is 40.6 Å². The molecule has 2 heterocycles. The molecule has 2 unspecified atom stereocenters. The predicted octanol–water partition coefficient (Wildman–Crippen LogP) is 3.57. The molecule has 6 heteroatoms. The van der Waals surface area contributed by atoms with Gasteiger partial charge in [-0.1, -0.05) is 48.5 Å². The minimum Gasteiger partial charge on any atom is -0.468 e. The van der Waals surface area contributed by atoms with Gasteiger partial charge in [-0.3, -0.25) is 14.5 Å². The predicted molar refractivity (Wildman–Crippen MR) is 123 cm³/mol. The highest BCUT2D eigenvalue weighted by Crippen LogP contribution is 2.25. The molecule has 4 rings (SSSR count). The highest BCUT2D eigenvalue weighted by Gasteiger charge is 2.28. The summed E-state index contributed by atoms with van der Waals surface area (Å²) in [6, 6.07) is 21.8. The van der Waals surface area contributed by atoms with Crippen molar-refractivity contribution in [3.63, 3.8) is 0 Å². The molecule has 166 valence electrons. The molecule has 1 aliphatic rings. The summed E-state index contributed by atoms with van der Waals surface area (Å²) in [6.07, 6.45) is 4.38. The highest BCUT2D eigenvalue weighted by atomic mass is 16.3. The maximum Gasteiger partial charge on any atom is 0.251 e. The Morgan fingerprint density at radius 3 is 2.25 bits per heavy atom. The van der Waals surface area contributed by atoms with E-state index < -0.39 is 6.04 Å². The average Bonchev–Trinajstić information content (AvgIpc) is 3.55. The number of benzene rings is 2. The van der Waals surface area contributed by atoms with Crippen molar-refractivity contribution in [3.05, 3.63) is 95.9 Å². The second-order valence-electron chi connectivity index (χ2n) is 8.10. The zero-order chi connectivity index (χ0) is 22.2. The van der Waals surface area contributed by atoms with E-state index in [1.807, 2.05) is 60.7 Å². The Morgan fingerprint density at radius 2 is 1.59 bits per heavy atom. The van der Waals surface area contributed by atoms with Crippen molar-refractivity contribution in [3.8, 4) is 0 Å². The molecule has 1 aromatic heterocycles. The van der Waals surface area contributed by atoms with E-state index in [4.69, 9.17) is 4.42 Å². The molecule has 1 saturated heterocycles. The first kappa shape index (κ1) is 21.8. The third-order valence-electron chi connectivity index (χ3n) is 5.86. The SMILES string of the molecule is O=C(NC(Cc1ccccc1)C(=O)NCC(c1ccco1)N1CCCC1)c1ccccc1. The Labute approximate surface area is 188 Å². The Balaban J connectivity index is 1.46. The summed E-state index contributed by atoms with van der Waals surface area (Å²) in [5, 5.41) is 5.99. The largest absolute Gasteiger partial charge is 0.468 e. The van der Waals surface area contributed by atoms with Crippen LogP contribution < -0.4 is 10.6 Å². The fourth-order valence-electron chi connectivity index (χ4n) is 4.15. The lowest BCUT2D eigenvalue weighted by Gasteiger charge is -2.27. The summed E-state index contributed by atoms with van der Waals surface area (Å²) >= 11 is 0. The number of likely N-dealkylation sites (tertiary alicyclic amines) is 1. The van der Waals surface area contributed by atoms with E-state index in [1.54, 1.807) is 18.4 Å². The summed E-state index contributed by atoms with van der Waals surface area (Å²) in [4.78, 5) is 28.3. The molecule has 2 aromatic carbocycles. The second kappa shape index (κ2) is 10.8. The number of carbonyl (C=O) groups is 2. The Morgan fingerprint density at radius 1 is 0.906 bits per heavy atom. The topological polar surface area (TPSA) is 74.6 Å². The Hall–Kier alpha value is -3.38. The summed E-state index contributed by atoms with van der Waals surface area (Å²) in [6.45, 7) is 2.40. The maximum atomic E-state index is 13.2. The Bertz CT molecular complexity index is 984. The smallest absolute Gasteiger partial charge is 0.251 e. The summed E-state index contributed by atoms with van der Waals surface area (Å²) < 4.78 is 5.66. The summed E-state index contributed by atoms with van der Waals surface area (Å²) in [5.41, 5.74) is 1.52. The van der Waals surface area contributed by atoms with Crippen LogP contribution in [-0.4, -0.2) is 42.4 Å². The fourth-order valence-corrected chi connectivity index (χ4v) is 4.15. The standard InChI is InChI=1S/C26H29N3O3/c30-25(21-12-5-2-6-13-21)28-22(18-20-10-3-1-4-11-20)26(31)27-19-23(24-14-9-17-32-24)29-15-7-8-16-29/h1-6,9-14,17,22-23H,7-8,15-16,18-19H2,(H,27,31)(H,28,30). The van der Waals surface area contributed by atoms with Crippen LogP contribution in [0.5, 0.6) is 0 Å². The van der Waals surface area contributed by atoms with Crippen LogP contribution in [0.2, 0.25) is 0 Å². The van der Waals surface area contributed by atoms with Gasteiger partial charge >= 0.3 is 0 Å². The molecule has 3 aromatic rings. The first-order valence-corrected chi connectivity index (χ1v) is 11.2. The van der Waals surface area contributed by atoms with Crippen molar-refractivity contribution in [1.82, 2.24) is 15.5 Å². The van der Waals surface area contributed by atoms with Gasteiger partial charge in [0, 0.05) is 18.5 Å². The molecule has 2 atom stereocenters. The van der Waals surface area contributed by atoms with Crippen molar-refractivity contribution in [2.45, 2.75) is 31.3 Å². The number of amides is 2. The molecule has 1 fully saturated rings. The lowest BCUT2D eigenvalue weighted by molar-refractivity contribution is -0.123. The minimum absolute atomic E-state index is 0.0151. The second-order valence-corrected chi connectivity index (χ2v) is 8.10. The molecule has 2 amide bonds. The van der Waals surface area contributed by atoms with Crippen LogP contribution in [-0.2, 0) is 11.2 Å². The van der Waals surface area contributed by atoms with Crippen LogP contribution in [0.4, 0.5) is 0 Å². The summed E-state index contributed by atoms with van der Waals surface area (Å²) in [7, 11) is 0. The molecule has 0 spiro atoms. The number of carbonyl (C=O) groups excluding carboxylic acids is 2. The van der Waals surface area contributed by atoms with E-state index in [1.165, 1.54) is 0 Å². The number of hydrogen-bond acceptors (Lipinski definition) is 4. The summed E-state index contributed by atoms with van der Waals surface area (Å²) in [5.74, 6) is 0.387.